The van der Waals surface area contributed by atoms with Gasteiger partial charge in [0.15, 0.2) is 0 Å². The van der Waals surface area contributed by atoms with Gasteiger partial charge in [-0.1, -0.05) is 22.0 Å². The lowest BCUT2D eigenvalue weighted by atomic mass is 9.96. The Hall–Kier alpha value is -0.540. The zero-order valence-electron chi connectivity index (χ0n) is 10.00. The number of aliphatic hydroxyl groups is 1. The van der Waals surface area contributed by atoms with Gasteiger partial charge in [-0.3, -0.25) is 0 Å². The number of hydrogen-bond acceptors (Lipinski definition) is 2. The van der Waals surface area contributed by atoms with Crippen molar-refractivity contribution in [3.05, 3.63) is 28.2 Å². The van der Waals surface area contributed by atoms with Gasteiger partial charge in [0, 0.05) is 23.2 Å². The molecule has 2 nitrogen and oxygen atoms in total. The Morgan fingerprint density at radius 3 is 2.75 bits per heavy atom. The average Bonchev–Trinajstić information content (AvgIpc) is 2.44. The lowest BCUT2D eigenvalue weighted by Crippen LogP contribution is -2.35. The molecule has 1 aromatic rings. The molecule has 0 radical (unpaired) electrons. The van der Waals surface area contributed by atoms with E-state index in [0.717, 1.165) is 12.8 Å². The second kappa shape index (κ2) is 4.04. The van der Waals surface area contributed by atoms with Gasteiger partial charge in [0.25, 0.3) is 0 Å². The van der Waals surface area contributed by atoms with Crippen molar-refractivity contribution in [2.45, 2.75) is 38.3 Å². The number of nitrogens with zero attached hydrogens (tertiary/aromatic N) is 1. The lowest BCUT2D eigenvalue weighted by Gasteiger charge is -2.28. The minimum Gasteiger partial charge on any atom is -0.390 e. The molecule has 0 saturated carbocycles. The van der Waals surface area contributed by atoms with Crippen LogP contribution in [0, 0.1) is 0 Å². The summed E-state index contributed by atoms with van der Waals surface area (Å²) in [5.41, 5.74) is 2.04. The standard InChI is InChI=1S/C13H18BrNO/c1-13(2,16)8-9-7-10-11(14)5-4-6-12(10)15(9)3/h4-6,9,16H,7-8H2,1-3H3. The zero-order valence-corrected chi connectivity index (χ0v) is 11.6. The second-order valence-electron chi connectivity index (χ2n) is 5.22. The summed E-state index contributed by atoms with van der Waals surface area (Å²) in [6.07, 6.45) is 1.81. The molecule has 1 N–H and O–H groups in total. The first kappa shape index (κ1) is 11.9. The third kappa shape index (κ3) is 2.25. The summed E-state index contributed by atoms with van der Waals surface area (Å²) in [5.74, 6) is 0. The molecule has 88 valence electrons. The minimum absolute atomic E-state index is 0.397. The van der Waals surface area contributed by atoms with E-state index in [1.165, 1.54) is 15.7 Å². The topological polar surface area (TPSA) is 23.5 Å². The Bertz CT molecular complexity index is 397. The van der Waals surface area contributed by atoms with Crippen molar-refractivity contribution in [1.29, 1.82) is 0 Å². The van der Waals surface area contributed by atoms with Crippen LogP contribution in [0.25, 0.3) is 0 Å². The highest BCUT2D eigenvalue weighted by molar-refractivity contribution is 9.10. The molecular formula is C13H18BrNO. The Morgan fingerprint density at radius 1 is 1.50 bits per heavy atom. The van der Waals surface area contributed by atoms with Crippen LogP contribution in [0.2, 0.25) is 0 Å². The number of halogens is 1. The predicted molar refractivity (Wildman–Crippen MR) is 71.0 cm³/mol. The van der Waals surface area contributed by atoms with Crippen LogP contribution in [-0.2, 0) is 6.42 Å². The van der Waals surface area contributed by atoms with E-state index in [1.807, 2.05) is 13.8 Å². The van der Waals surface area contributed by atoms with Crippen molar-refractivity contribution >= 4 is 21.6 Å². The molecule has 3 heteroatoms. The van der Waals surface area contributed by atoms with Crippen LogP contribution < -0.4 is 4.90 Å². The van der Waals surface area contributed by atoms with E-state index < -0.39 is 5.60 Å². The molecule has 0 fully saturated rings. The van der Waals surface area contributed by atoms with Crippen LogP contribution in [-0.4, -0.2) is 23.8 Å². The molecule has 0 amide bonds. The van der Waals surface area contributed by atoms with E-state index in [9.17, 15) is 5.11 Å². The fraction of sp³-hybridized carbons (Fsp3) is 0.538. The van der Waals surface area contributed by atoms with Crippen LogP contribution in [0.1, 0.15) is 25.8 Å². The maximum Gasteiger partial charge on any atom is 0.0611 e. The van der Waals surface area contributed by atoms with Gasteiger partial charge in [-0.15, -0.1) is 0 Å². The molecule has 0 bridgehead atoms. The third-order valence-corrected chi connectivity index (χ3v) is 3.94. The van der Waals surface area contributed by atoms with E-state index in [0.29, 0.717) is 6.04 Å². The molecule has 0 saturated heterocycles. The smallest absolute Gasteiger partial charge is 0.0611 e. The van der Waals surface area contributed by atoms with E-state index in [2.05, 4.69) is 46.1 Å². The molecule has 0 aliphatic carbocycles. The predicted octanol–water partition coefficient (Wildman–Crippen LogP) is 2.97. The Morgan fingerprint density at radius 2 is 2.19 bits per heavy atom. The number of anilines is 1. The van der Waals surface area contributed by atoms with Crippen LogP contribution in [0.3, 0.4) is 0 Å². The van der Waals surface area contributed by atoms with Gasteiger partial charge in [-0.2, -0.15) is 0 Å². The summed E-state index contributed by atoms with van der Waals surface area (Å²) < 4.78 is 1.18. The summed E-state index contributed by atoms with van der Waals surface area (Å²) in [5, 5.41) is 9.91. The molecule has 1 aromatic carbocycles. The first-order chi connectivity index (χ1) is 7.38. The van der Waals surface area contributed by atoms with Gasteiger partial charge in [0.2, 0.25) is 0 Å². The molecule has 2 rings (SSSR count). The highest BCUT2D eigenvalue weighted by Crippen LogP contribution is 2.37. The van der Waals surface area contributed by atoms with Gasteiger partial charge >= 0.3 is 0 Å². The molecule has 1 heterocycles. The highest BCUT2D eigenvalue weighted by Gasteiger charge is 2.31. The summed E-state index contributed by atoms with van der Waals surface area (Å²) >= 11 is 3.59. The zero-order chi connectivity index (χ0) is 11.9. The van der Waals surface area contributed by atoms with E-state index in [4.69, 9.17) is 0 Å². The van der Waals surface area contributed by atoms with Crippen LogP contribution in [0.4, 0.5) is 5.69 Å². The van der Waals surface area contributed by atoms with E-state index in [-0.39, 0.29) is 0 Å². The summed E-state index contributed by atoms with van der Waals surface area (Å²) in [7, 11) is 2.11. The van der Waals surface area contributed by atoms with Crippen LogP contribution >= 0.6 is 15.9 Å². The molecular weight excluding hydrogens is 266 g/mol. The van der Waals surface area contributed by atoms with Crippen molar-refractivity contribution in [2.75, 3.05) is 11.9 Å². The monoisotopic (exact) mass is 283 g/mol. The van der Waals surface area contributed by atoms with Gasteiger partial charge in [-0.05, 0) is 44.4 Å². The quantitative estimate of drug-likeness (QED) is 0.902. The average molecular weight is 284 g/mol. The lowest BCUT2D eigenvalue weighted by molar-refractivity contribution is 0.0639. The molecule has 1 atom stereocenters. The summed E-state index contributed by atoms with van der Waals surface area (Å²) in [6.45, 7) is 3.75. The SMILES string of the molecule is CN1c2cccc(Br)c2CC1CC(C)(C)O. The van der Waals surface area contributed by atoms with E-state index >= 15 is 0 Å². The largest absolute Gasteiger partial charge is 0.390 e. The van der Waals surface area contributed by atoms with Gasteiger partial charge < -0.3 is 10.0 Å². The Balaban J connectivity index is 2.24. The number of hydrogen-bond donors (Lipinski definition) is 1. The summed E-state index contributed by atoms with van der Waals surface area (Å²) in [6, 6.07) is 6.68. The van der Waals surface area contributed by atoms with Gasteiger partial charge in [-0.25, -0.2) is 0 Å². The maximum atomic E-state index is 9.91. The van der Waals surface area contributed by atoms with Crippen molar-refractivity contribution in [2.24, 2.45) is 0 Å². The fourth-order valence-corrected chi connectivity index (χ4v) is 2.95. The van der Waals surface area contributed by atoms with Crippen molar-refractivity contribution in [3.8, 4) is 0 Å². The van der Waals surface area contributed by atoms with Crippen LogP contribution in [0.5, 0.6) is 0 Å². The first-order valence-electron chi connectivity index (χ1n) is 5.61. The number of benzene rings is 1. The van der Waals surface area contributed by atoms with Gasteiger partial charge in [0.05, 0.1) is 5.60 Å². The van der Waals surface area contributed by atoms with Crippen molar-refractivity contribution in [1.82, 2.24) is 0 Å². The molecule has 1 aliphatic rings. The third-order valence-electron chi connectivity index (χ3n) is 3.20. The van der Waals surface area contributed by atoms with Crippen molar-refractivity contribution in [3.63, 3.8) is 0 Å². The molecule has 0 aromatic heterocycles. The normalized spacial score (nSPS) is 20.1. The van der Waals surface area contributed by atoms with Gasteiger partial charge in [0.1, 0.15) is 0 Å². The molecule has 1 aliphatic heterocycles. The number of fused-ring (bicyclic) bond motifs is 1. The molecule has 1 unspecified atom stereocenters. The Labute approximate surface area is 105 Å². The fourth-order valence-electron chi connectivity index (χ4n) is 2.43. The molecule has 0 spiro atoms. The first-order valence-corrected chi connectivity index (χ1v) is 6.40. The minimum atomic E-state index is -0.604. The van der Waals surface area contributed by atoms with Crippen molar-refractivity contribution < 1.29 is 5.11 Å². The van der Waals surface area contributed by atoms with E-state index in [1.54, 1.807) is 0 Å². The number of rotatable bonds is 2. The summed E-state index contributed by atoms with van der Waals surface area (Å²) in [4.78, 5) is 2.28. The van der Waals surface area contributed by atoms with Crippen LogP contribution in [0.15, 0.2) is 22.7 Å². The Kier molecular flexibility index (Phi) is 3.01. The maximum absolute atomic E-state index is 9.91. The number of likely N-dealkylation sites (N-methyl/N-ethyl adjacent to an activating group) is 1. The second-order valence-corrected chi connectivity index (χ2v) is 6.08. The molecule has 16 heavy (non-hydrogen) atoms. The highest BCUT2D eigenvalue weighted by atomic mass is 79.9.